The van der Waals surface area contributed by atoms with Crippen LogP contribution in [0.5, 0.6) is 0 Å². The second kappa shape index (κ2) is 12.8. The highest BCUT2D eigenvalue weighted by atomic mass is 32.2. The minimum atomic E-state index is -3.74. The number of thioether (sulfide) groups is 1. The SMILES string of the molecule is O=S(=O)(OCCS)C(CS)CSCC(CS)S(=O)(=O)OCCS. The lowest BCUT2D eigenvalue weighted by atomic mass is 10.5. The summed E-state index contributed by atoms with van der Waals surface area (Å²) < 4.78 is 57.3. The van der Waals surface area contributed by atoms with Crippen molar-refractivity contribution in [3.63, 3.8) is 0 Å². The van der Waals surface area contributed by atoms with Crippen LogP contribution in [0.15, 0.2) is 0 Å². The van der Waals surface area contributed by atoms with Gasteiger partial charge < -0.3 is 0 Å². The Morgan fingerprint density at radius 3 is 1.35 bits per heavy atom. The van der Waals surface area contributed by atoms with E-state index >= 15 is 0 Å². The molecule has 0 aromatic heterocycles. The van der Waals surface area contributed by atoms with Gasteiger partial charge >= 0.3 is 0 Å². The Labute approximate surface area is 165 Å². The third-order valence-electron chi connectivity index (χ3n) is 2.51. The predicted octanol–water partition coefficient (Wildman–Crippen LogP) is 0.869. The first-order valence-electron chi connectivity index (χ1n) is 6.52. The number of hydrogen-bond donors (Lipinski definition) is 4. The number of thiol groups is 4. The summed E-state index contributed by atoms with van der Waals surface area (Å²) in [7, 11) is -7.49. The lowest BCUT2D eigenvalue weighted by molar-refractivity contribution is 0.337. The molecular formula is C10H22O6S7. The molecule has 0 amide bonds. The van der Waals surface area contributed by atoms with Crippen molar-refractivity contribution >= 4 is 82.5 Å². The van der Waals surface area contributed by atoms with Gasteiger partial charge in [0.1, 0.15) is 10.5 Å². The molecule has 0 spiro atoms. The van der Waals surface area contributed by atoms with Crippen molar-refractivity contribution in [1.82, 2.24) is 0 Å². The summed E-state index contributed by atoms with van der Waals surface area (Å²) in [6.45, 7) is -0.0167. The fourth-order valence-corrected chi connectivity index (χ4v) is 7.61. The highest BCUT2D eigenvalue weighted by Crippen LogP contribution is 2.18. The van der Waals surface area contributed by atoms with E-state index in [-0.39, 0.29) is 47.7 Å². The lowest BCUT2D eigenvalue weighted by Crippen LogP contribution is -2.31. The molecule has 0 fully saturated rings. The smallest absolute Gasteiger partial charge is 0.269 e. The standard InChI is InChI=1S/C10H22O6S7/c11-22(12,15-1-3-17)9(5-19)7-21-8-10(6-20)23(13,14)16-2-4-18/h9-10,17-20H,1-8H2. The van der Waals surface area contributed by atoms with Crippen molar-refractivity contribution in [3.8, 4) is 0 Å². The van der Waals surface area contributed by atoms with Crippen molar-refractivity contribution in [2.24, 2.45) is 0 Å². The quantitative estimate of drug-likeness (QED) is 0.225. The first-order chi connectivity index (χ1) is 10.7. The van der Waals surface area contributed by atoms with Crippen molar-refractivity contribution in [3.05, 3.63) is 0 Å². The summed E-state index contributed by atoms with van der Waals surface area (Å²) in [5.41, 5.74) is 0. The van der Waals surface area contributed by atoms with Gasteiger partial charge in [0.2, 0.25) is 0 Å². The maximum Gasteiger partial charge on any atom is 0.271 e. The van der Waals surface area contributed by atoms with E-state index in [2.05, 4.69) is 50.5 Å². The molecule has 0 aromatic carbocycles. The van der Waals surface area contributed by atoms with E-state index in [1.165, 1.54) is 11.8 Å². The van der Waals surface area contributed by atoms with Crippen molar-refractivity contribution in [1.29, 1.82) is 0 Å². The van der Waals surface area contributed by atoms with Crippen LogP contribution in [0.2, 0.25) is 0 Å². The molecule has 0 aliphatic heterocycles. The first kappa shape index (κ1) is 24.6. The van der Waals surface area contributed by atoms with Gasteiger partial charge in [0.15, 0.2) is 0 Å². The zero-order chi connectivity index (χ0) is 17.9. The predicted molar refractivity (Wildman–Crippen MR) is 110 cm³/mol. The Hall–Kier alpha value is 1.57. The highest BCUT2D eigenvalue weighted by Gasteiger charge is 2.28. The molecule has 0 aromatic rings. The van der Waals surface area contributed by atoms with Crippen LogP contribution in [0, 0.1) is 0 Å². The molecule has 0 N–H and O–H groups in total. The topological polar surface area (TPSA) is 86.7 Å². The Morgan fingerprint density at radius 1 is 0.739 bits per heavy atom. The second-order valence-corrected chi connectivity index (χ2v) is 10.7. The van der Waals surface area contributed by atoms with Gasteiger partial charge in [0, 0.05) is 34.5 Å². The van der Waals surface area contributed by atoms with Gasteiger partial charge in [-0.15, -0.1) is 0 Å². The molecule has 140 valence electrons. The minimum Gasteiger partial charge on any atom is -0.269 e. The molecule has 0 saturated carbocycles. The van der Waals surface area contributed by atoms with Crippen LogP contribution in [0.4, 0.5) is 0 Å². The van der Waals surface area contributed by atoms with Gasteiger partial charge in [0.05, 0.1) is 13.2 Å². The largest absolute Gasteiger partial charge is 0.271 e. The van der Waals surface area contributed by atoms with Crippen molar-refractivity contribution in [2.45, 2.75) is 10.5 Å². The molecular weight excluding hydrogens is 441 g/mol. The molecule has 13 heteroatoms. The van der Waals surface area contributed by atoms with E-state index in [9.17, 15) is 16.8 Å². The van der Waals surface area contributed by atoms with E-state index in [1.807, 2.05) is 0 Å². The summed E-state index contributed by atoms with van der Waals surface area (Å²) in [5.74, 6) is 1.07. The van der Waals surface area contributed by atoms with Crippen LogP contribution in [-0.2, 0) is 28.6 Å². The number of hydrogen-bond acceptors (Lipinski definition) is 11. The molecule has 23 heavy (non-hydrogen) atoms. The minimum absolute atomic E-state index is 0.00833. The maximum atomic E-state index is 11.9. The lowest BCUT2D eigenvalue weighted by Gasteiger charge is -2.17. The van der Waals surface area contributed by atoms with Crippen LogP contribution in [0.1, 0.15) is 0 Å². The van der Waals surface area contributed by atoms with Crippen LogP contribution in [0.3, 0.4) is 0 Å². The highest BCUT2D eigenvalue weighted by molar-refractivity contribution is 8.01. The Bertz CT molecular complexity index is 460. The van der Waals surface area contributed by atoms with Gasteiger partial charge in [-0.3, -0.25) is 8.37 Å². The average Bonchev–Trinajstić information content (AvgIpc) is 2.50. The van der Waals surface area contributed by atoms with Crippen LogP contribution >= 0.6 is 62.3 Å². The van der Waals surface area contributed by atoms with E-state index in [1.54, 1.807) is 0 Å². The monoisotopic (exact) mass is 462 g/mol. The molecule has 0 heterocycles. The van der Waals surface area contributed by atoms with Gasteiger partial charge in [-0.1, -0.05) is 0 Å². The summed E-state index contributed by atoms with van der Waals surface area (Å²) in [4.78, 5) is 0. The van der Waals surface area contributed by atoms with Crippen LogP contribution in [-0.4, -0.2) is 75.1 Å². The molecule has 0 rings (SSSR count). The Kier molecular flexibility index (Phi) is 13.7. The van der Waals surface area contributed by atoms with E-state index < -0.39 is 30.7 Å². The fourth-order valence-electron chi connectivity index (χ4n) is 1.28. The zero-order valence-corrected chi connectivity index (χ0v) is 18.3. The summed E-state index contributed by atoms with van der Waals surface area (Å²) in [6.07, 6.45) is 0. The maximum absolute atomic E-state index is 11.9. The summed E-state index contributed by atoms with van der Waals surface area (Å²) in [5, 5.41) is -1.64. The Balaban J connectivity index is 4.58. The average molecular weight is 463 g/mol. The first-order valence-corrected chi connectivity index (χ1v) is 13.2. The molecule has 6 nitrogen and oxygen atoms in total. The van der Waals surface area contributed by atoms with Gasteiger partial charge in [-0.05, 0) is 0 Å². The molecule has 0 aliphatic carbocycles. The van der Waals surface area contributed by atoms with E-state index in [0.29, 0.717) is 0 Å². The van der Waals surface area contributed by atoms with Gasteiger partial charge in [-0.2, -0.15) is 79.1 Å². The van der Waals surface area contributed by atoms with Crippen molar-refractivity contribution in [2.75, 3.05) is 47.7 Å². The van der Waals surface area contributed by atoms with Gasteiger partial charge in [0.25, 0.3) is 20.2 Å². The molecule has 2 atom stereocenters. The fraction of sp³-hybridized carbons (Fsp3) is 1.00. The van der Waals surface area contributed by atoms with Crippen LogP contribution < -0.4 is 0 Å². The molecule has 2 unspecified atom stereocenters. The molecule has 0 saturated heterocycles. The molecule has 0 radical (unpaired) electrons. The normalized spacial score (nSPS) is 15.5. The van der Waals surface area contributed by atoms with E-state index in [4.69, 9.17) is 8.37 Å². The third kappa shape index (κ3) is 9.73. The summed E-state index contributed by atoms with van der Waals surface area (Å²) >= 11 is 17.0. The van der Waals surface area contributed by atoms with Gasteiger partial charge in [-0.25, -0.2) is 0 Å². The summed E-state index contributed by atoms with van der Waals surface area (Å²) in [6, 6.07) is 0. The number of rotatable bonds is 14. The van der Waals surface area contributed by atoms with E-state index in [0.717, 1.165) is 0 Å². The zero-order valence-electron chi connectivity index (χ0n) is 12.3. The molecule has 0 bridgehead atoms. The Morgan fingerprint density at radius 2 is 1.09 bits per heavy atom. The van der Waals surface area contributed by atoms with Crippen molar-refractivity contribution < 1.29 is 25.2 Å². The second-order valence-electron chi connectivity index (χ2n) is 4.22. The molecule has 0 aliphatic rings. The third-order valence-corrected chi connectivity index (χ3v) is 9.24. The van der Waals surface area contributed by atoms with Crippen LogP contribution in [0.25, 0.3) is 0 Å².